The van der Waals surface area contributed by atoms with E-state index in [4.69, 9.17) is 5.11 Å². The summed E-state index contributed by atoms with van der Waals surface area (Å²) in [6.07, 6.45) is 4.45. The van der Waals surface area contributed by atoms with Crippen LogP contribution < -0.4 is 37.2 Å². The quantitative estimate of drug-likeness (QED) is 0.0363. The van der Waals surface area contributed by atoms with Crippen molar-refractivity contribution in [1.29, 1.82) is 0 Å². The molecule has 1 saturated heterocycles. The van der Waals surface area contributed by atoms with Gasteiger partial charge in [-0.2, -0.15) is 0 Å². The minimum Gasteiger partial charge on any atom is -0.481 e. The molecule has 29 heteroatoms. The van der Waals surface area contributed by atoms with Gasteiger partial charge in [0.25, 0.3) is 0 Å². The number of aliphatic carboxylic acids is 6. The molecule has 1 heterocycles. The number of fused-ring (bicyclic) bond motifs is 1. The Kier molecular flexibility index (Phi) is 33.3. The molecule has 1 aliphatic heterocycles. The fourth-order valence-corrected chi connectivity index (χ4v) is 11.5. The van der Waals surface area contributed by atoms with Crippen molar-refractivity contribution in [3.63, 3.8) is 0 Å². The van der Waals surface area contributed by atoms with Crippen LogP contribution in [-0.4, -0.2) is 244 Å². The van der Waals surface area contributed by atoms with Gasteiger partial charge in [-0.3, -0.25) is 62.8 Å². The Morgan fingerprint density at radius 3 is 1.48 bits per heavy atom. The first-order chi connectivity index (χ1) is 45.4. The van der Waals surface area contributed by atoms with Gasteiger partial charge in [0, 0.05) is 97.2 Å². The average Bonchev–Trinajstić information content (AvgIpc) is 0.876. The normalized spacial score (nSPS) is 17.4. The lowest BCUT2D eigenvalue weighted by molar-refractivity contribution is -0.141. The maximum absolute atomic E-state index is 14.2. The van der Waals surface area contributed by atoms with Crippen LogP contribution in [0, 0.1) is 18.8 Å². The summed E-state index contributed by atoms with van der Waals surface area (Å²) in [5, 5.41) is 78.0. The SMILES string of the molecule is Cc1ccc(CCCC(=O)NCCCC[C@H](NC(=O)CN2CCN(CC(=O)O)CCN(CC(=O)O)CCN(CC(=O)O)CC2)C(=O)NCC2CCC(C(=O)N[C@@H](Cc3ccc4ccccc4c3)C(=O)NCCCC[C@H](NC(=O)N[C@@H](CCC(=O)O)C(=O)O)C(=O)O)CC2)cc1. The molecular weight excluding hydrogens is 1230 g/mol. The van der Waals surface area contributed by atoms with E-state index in [9.17, 15) is 83.1 Å². The Bertz CT molecular complexity index is 3020. The van der Waals surface area contributed by atoms with Crippen molar-refractivity contribution in [3.8, 4) is 0 Å². The summed E-state index contributed by atoms with van der Waals surface area (Å²) in [6, 6.07) is 15.4. The van der Waals surface area contributed by atoms with Crippen molar-refractivity contribution in [1.82, 2.24) is 56.8 Å². The lowest BCUT2D eigenvalue weighted by Crippen LogP contribution is -2.52. The third-order valence-electron chi connectivity index (χ3n) is 17.0. The Morgan fingerprint density at radius 2 is 0.947 bits per heavy atom. The van der Waals surface area contributed by atoms with E-state index in [1.807, 2.05) is 73.7 Å². The number of carboxylic acids is 6. The summed E-state index contributed by atoms with van der Waals surface area (Å²) in [6.45, 7) is 2.96. The van der Waals surface area contributed by atoms with E-state index in [0.29, 0.717) is 57.9 Å². The van der Waals surface area contributed by atoms with Crippen LogP contribution >= 0.6 is 0 Å². The summed E-state index contributed by atoms with van der Waals surface area (Å²) in [5.41, 5.74) is 3.07. The zero-order valence-corrected chi connectivity index (χ0v) is 54.1. The van der Waals surface area contributed by atoms with Gasteiger partial charge in [0.1, 0.15) is 24.2 Å². The van der Waals surface area contributed by atoms with Gasteiger partial charge in [-0.05, 0) is 118 Å². The molecule has 13 N–H and O–H groups in total. The second-order valence-corrected chi connectivity index (χ2v) is 24.6. The summed E-state index contributed by atoms with van der Waals surface area (Å²) in [7, 11) is 0. The number of unbranched alkanes of at least 4 members (excludes halogenated alkanes) is 2. The molecule has 0 aromatic heterocycles. The number of nitrogens with one attached hydrogen (secondary N) is 7. The Labute approximate surface area is 552 Å². The molecule has 1 saturated carbocycles. The van der Waals surface area contributed by atoms with Crippen molar-refractivity contribution < 1.29 is 88.2 Å². The zero-order valence-electron chi connectivity index (χ0n) is 54.1. The van der Waals surface area contributed by atoms with Crippen LogP contribution in [0.15, 0.2) is 66.7 Å². The molecule has 95 heavy (non-hydrogen) atoms. The highest BCUT2D eigenvalue weighted by molar-refractivity contribution is 5.90. The van der Waals surface area contributed by atoms with E-state index >= 15 is 0 Å². The molecule has 2 fully saturated rings. The Balaban J connectivity index is 1.19. The van der Waals surface area contributed by atoms with Crippen molar-refractivity contribution in [2.75, 3.05) is 98.2 Å². The maximum atomic E-state index is 14.2. The van der Waals surface area contributed by atoms with Gasteiger partial charge in [-0.1, -0.05) is 72.3 Å². The molecule has 0 unspecified atom stereocenters. The minimum atomic E-state index is -1.57. The van der Waals surface area contributed by atoms with Gasteiger partial charge in [0.05, 0.1) is 26.2 Å². The number of rotatable bonds is 38. The number of carboxylic acid groups (broad SMARTS) is 6. The molecule has 0 bridgehead atoms. The predicted molar refractivity (Wildman–Crippen MR) is 348 cm³/mol. The third kappa shape index (κ3) is 30.4. The second kappa shape index (κ2) is 41.1. The van der Waals surface area contributed by atoms with E-state index in [-0.39, 0.29) is 141 Å². The lowest BCUT2D eigenvalue weighted by Gasteiger charge is -2.33. The number of nitrogens with zero attached hydrogens (tertiary/aromatic N) is 4. The summed E-state index contributed by atoms with van der Waals surface area (Å²) in [4.78, 5) is 158. The van der Waals surface area contributed by atoms with Crippen molar-refractivity contribution in [3.05, 3.63) is 83.4 Å². The van der Waals surface area contributed by atoms with Crippen LogP contribution in [0.25, 0.3) is 10.8 Å². The highest BCUT2D eigenvalue weighted by atomic mass is 16.4. The number of hydrogen-bond acceptors (Lipinski definition) is 16. The molecule has 4 atom stereocenters. The van der Waals surface area contributed by atoms with Gasteiger partial charge >= 0.3 is 41.8 Å². The molecule has 522 valence electrons. The number of urea groups is 1. The molecule has 29 nitrogen and oxygen atoms in total. The van der Waals surface area contributed by atoms with E-state index in [1.165, 1.54) is 0 Å². The largest absolute Gasteiger partial charge is 0.481 e. The van der Waals surface area contributed by atoms with Crippen molar-refractivity contribution >= 4 is 82.2 Å². The van der Waals surface area contributed by atoms with Crippen LogP contribution in [0.3, 0.4) is 0 Å². The number of benzene rings is 3. The predicted octanol–water partition coefficient (Wildman–Crippen LogP) is 1.72. The Hall–Kier alpha value is -8.80. The molecule has 0 radical (unpaired) electrons. The average molecular weight is 1330 g/mol. The molecule has 5 rings (SSSR count). The van der Waals surface area contributed by atoms with Gasteiger partial charge in [0.15, 0.2) is 0 Å². The summed E-state index contributed by atoms with van der Waals surface area (Å²) >= 11 is 0. The topological polar surface area (TPSA) is 423 Å². The number of carbonyl (C=O) groups excluding carboxylic acids is 6. The van der Waals surface area contributed by atoms with Crippen molar-refractivity contribution in [2.24, 2.45) is 11.8 Å². The fraction of sp³-hybridized carbons (Fsp3) is 0.576. The highest BCUT2D eigenvalue weighted by Crippen LogP contribution is 2.29. The lowest BCUT2D eigenvalue weighted by atomic mass is 9.81. The monoisotopic (exact) mass is 1330 g/mol. The first-order valence-corrected chi connectivity index (χ1v) is 32.6. The fourth-order valence-electron chi connectivity index (χ4n) is 11.5. The molecule has 1 aliphatic carbocycles. The molecular formula is C66H95N11O18. The number of carbonyl (C=O) groups is 12. The van der Waals surface area contributed by atoms with Crippen LogP contribution in [0.1, 0.15) is 107 Å². The van der Waals surface area contributed by atoms with E-state index in [1.54, 1.807) is 19.6 Å². The maximum Gasteiger partial charge on any atom is 0.326 e. The van der Waals surface area contributed by atoms with Crippen molar-refractivity contribution in [2.45, 2.75) is 134 Å². The smallest absolute Gasteiger partial charge is 0.326 e. The molecule has 3 aromatic rings. The molecule has 2 aliphatic rings. The van der Waals surface area contributed by atoms with Gasteiger partial charge in [-0.25, -0.2) is 14.4 Å². The molecule has 7 amide bonds. The first-order valence-electron chi connectivity index (χ1n) is 32.6. The Morgan fingerprint density at radius 1 is 0.453 bits per heavy atom. The molecule has 0 spiro atoms. The van der Waals surface area contributed by atoms with Crippen LogP contribution in [0.4, 0.5) is 4.79 Å². The standard InChI is InChI=1S/C66H95N11O18/c1-44-15-17-45(18-16-44)9-8-14-55(78)67-27-6-4-12-51(70-56(79)40-74-29-31-75(41-58(82)83)33-35-77(43-60(86)87)36-34-76(32-30-74)42-59(84)85)62(89)69-39-46-19-23-49(24-20-46)61(88)71-54(38-47-21-22-48-10-2-3-11-50(48)37-47)63(90)68-28-7-5-13-52(64(91)92)72-66(95)73-53(65(93)94)25-26-57(80)81/h2-3,10-11,15-18,21-22,37,46,49,51-54H,4-9,12-14,19-20,23-36,38-43H2,1H3,(H,67,78)(H,68,90)(H,69,89)(H,70,79)(H,71,88)(H,80,81)(H,82,83)(H,84,85)(H,86,87)(H,91,92)(H,93,94)(H2,72,73,95)/t46?,49?,51-,52-,53-,54-/m0/s1. The van der Waals surface area contributed by atoms with E-state index < -0.39 is 102 Å². The van der Waals surface area contributed by atoms with E-state index in [0.717, 1.165) is 33.9 Å². The first kappa shape index (κ1) is 76.9. The number of aryl methyl sites for hydroxylation is 2. The van der Waals surface area contributed by atoms with Gasteiger partial charge in [0.2, 0.25) is 29.5 Å². The van der Waals surface area contributed by atoms with Gasteiger partial charge in [-0.15, -0.1) is 0 Å². The highest BCUT2D eigenvalue weighted by Gasteiger charge is 2.32. The number of amides is 7. The van der Waals surface area contributed by atoms with E-state index in [2.05, 4.69) is 37.2 Å². The third-order valence-corrected chi connectivity index (χ3v) is 17.0. The van der Waals surface area contributed by atoms with Gasteiger partial charge < -0.3 is 67.9 Å². The zero-order chi connectivity index (χ0) is 69.2. The van der Waals surface area contributed by atoms with Crippen LogP contribution in [-0.2, 0) is 65.6 Å². The van der Waals surface area contributed by atoms with Crippen LogP contribution in [0.2, 0.25) is 0 Å². The minimum absolute atomic E-state index is 0.0471. The summed E-state index contributed by atoms with van der Waals surface area (Å²) in [5.74, 6) is -9.82. The van der Waals surface area contributed by atoms with Crippen LogP contribution in [0.5, 0.6) is 0 Å². The molecule has 3 aromatic carbocycles. The summed E-state index contributed by atoms with van der Waals surface area (Å²) < 4.78 is 0. The second-order valence-electron chi connectivity index (χ2n) is 24.6. The number of hydrogen-bond donors (Lipinski definition) is 13.